The topological polar surface area (TPSA) is 110 Å². The summed E-state index contributed by atoms with van der Waals surface area (Å²) in [6.45, 7) is -0.390. The van der Waals surface area contributed by atoms with Crippen LogP contribution < -0.4 is 10.5 Å². The van der Waals surface area contributed by atoms with Crippen molar-refractivity contribution in [3.05, 3.63) is 23.9 Å². The molecule has 1 rings (SSSR count). The minimum absolute atomic E-state index is 0.00588. The average Bonchev–Trinajstić information content (AvgIpc) is 2.14. The zero-order chi connectivity index (χ0) is 12.3. The minimum Gasteiger partial charge on any atom is -0.696 e. The second-order valence-electron chi connectivity index (χ2n) is 3.19. The van der Waals surface area contributed by atoms with Gasteiger partial charge in [-0.2, -0.15) is 0 Å². The number of carbonyl (C=O) groups excluding carboxylic acids is 1. The normalized spacial score (nSPS) is 11.1. The molecule has 0 saturated heterocycles. The van der Waals surface area contributed by atoms with Crippen LogP contribution in [-0.4, -0.2) is 27.2 Å². The molecule has 0 bridgehead atoms. The first-order chi connectivity index (χ1) is 7.30. The molecule has 6 nitrogen and oxygen atoms in total. The van der Waals surface area contributed by atoms with E-state index in [0.717, 1.165) is 6.26 Å². The zero-order valence-electron chi connectivity index (χ0n) is 8.56. The van der Waals surface area contributed by atoms with E-state index in [1.165, 1.54) is 18.2 Å². The van der Waals surface area contributed by atoms with E-state index in [-0.39, 0.29) is 22.9 Å². The van der Waals surface area contributed by atoms with Crippen LogP contribution >= 0.6 is 0 Å². The average molecular weight is 243 g/mol. The van der Waals surface area contributed by atoms with Crippen LogP contribution in [0.5, 0.6) is 5.75 Å². The first-order valence-corrected chi connectivity index (χ1v) is 6.16. The fraction of sp³-hybridized carbons (Fsp3) is 0.222. The standard InChI is InChI=1S/C9H11N2O4S/c1-16(13,14)6-2-3-7(10)8(4-6)15-5-9(11)12/h2-4,10H,5H2,1H3,(H2,11,12)/q-1. The van der Waals surface area contributed by atoms with E-state index in [2.05, 4.69) is 0 Å². The Morgan fingerprint density at radius 1 is 1.50 bits per heavy atom. The Morgan fingerprint density at radius 2 is 2.12 bits per heavy atom. The number of sulfone groups is 1. The highest BCUT2D eigenvalue weighted by Crippen LogP contribution is 2.29. The van der Waals surface area contributed by atoms with Gasteiger partial charge in [-0.15, -0.1) is 0 Å². The van der Waals surface area contributed by atoms with Crippen molar-refractivity contribution in [3.8, 4) is 5.75 Å². The lowest BCUT2D eigenvalue weighted by molar-refractivity contribution is -0.119. The summed E-state index contributed by atoms with van der Waals surface area (Å²) in [5.74, 6) is -0.675. The lowest BCUT2D eigenvalue weighted by Crippen LogP contribution is -2.20. The van der Waals surface area contributed by atoms with E-state index >= 15 is 0 Å². The molecule has 7 heteroatoms. The van der Waals surface area contributed by atoms with E-state index in [1.54, 1.807) is 0 Å². The Kier molecular flexibility index (Phi) is 3.38. The molecule has 0 spiro atoms. The second kappa shape index (κ2) is 4.40. The maximum Gasteiger partial charge on any atom is 0.255 e. The van der Waals surface area contributed by atoms with Gasteiger partial charge in [-0.05, 0) is 12.1 Å². The molecule has 88 valence electrons. The molecule has 0 aromatic heterocycles. The van der Waals surface area contributed by atoms with Gasteiger partial charge in [-0.25, -0.2) is 8.42 Å². The van der Waals surface area contributed by atoms with Crippen molar-refractivity contribution < 1.29 is 17.9 Å². The molecule has 0 heterocycles. The number of nitrogens with two attached hydrogens (primary N) is 1. The third-order valence-electron chi connectivity index (χ3n) is 1.75. The number of benzene rings is 1. The van der Waals surface area contributed by atoms with Crippen molar-refractivity contribution in [1.29, 1.82) is 0 Å². The number of rotatable bonds is 4. The van der Waals surface area contributed by atoms with Crippen molar-refractivity contribution in [1.82, 2.24) is 0 Å². The van der Waals surface area contributed by atoms with Crippen molar-refractivity contribution in [2.45, 2.75) is 4.90 Å². The Balaban J connectivity index is 3.04. The quantitative estimate of drug-likeness (QED) is 0.836. The van der Waals surface area contributed by atoms with Gasteiger partial charge in [0, 0.05) is 6.26 Å². The van der Waals surface area contributed by atoms with Crippen molar-refractivity contribution in [3.63, 3.8) is 0 Å². The maximum absolute atomic E-state index is 11.2. The van der Waals surface area contributed by atoms with Crippen LogP contribution in [0.2, 0.25) is 0 Å². The maximum atomic E-state index is 11.2. The summed E-state index contributed by atoms with van der Waals surface area (Å²) >= 11 is 0. The van der Waals surface area contributed by atoms with Gasteiger partial charge in [0.15, 0.2) is 16.4 Å². The molecular formula is C9H11N2O4S-. The van der Waals surface area contributed by atoms with E-state index in [0.29, 0.717) is 0 Å². The molecule has 3 N–H and O–H groups in total. The van der Waals surface area contributed by atoms with E-state index < -0.39 is 15.7 Å². The highest BCUT2D eigenvalue weighted by molar-refractivity contribution is 7.90. The SMILES string of the molecule is CS(=O)(=O)c1ccc([NH-])c(OCC(N)=O)c1. The number of ether oxygens (including phenoxy) is 1. The molecule has 0 radical (unpaired) electrons. The first-order valence-electron chi connectivity index (χ1n) is 4.27. The van der Waals surface area contributed by atoms with Crippen LogP contribution in [0.1, 0.15) is 0 Å². The van der Waals surface area contributed by atoms with Crippen LogP contribution in [0, 0.1) is 0 Å². The van der Waals surface area contributed by atoms with E-state index in [9.17, 15) is 13.2 Å². The minimum atomic E-state index is -3.36. The highest BCUT2D eigenvalue weighted by Gasteiger charge is 2.08. The van der Waals surface area contributed by atoms with E-state index in [4.69, 9.17) is 16.2 Å². The largest absolute Gasteiger partial charge is 0.696 e. The van der Waals surface area contributed by atoms with Gasteiger partial charge in [0.05, 0.1) is 4.90 Å². The Hall–Kier alpha value is -1.76. The molecule has 1 aromatic rings. The zero-order valence-corrected chi connectivity index (χ0v) is 9.37. The third kappa shape index (κ3) is 3.13. The summed E-state index contributed by atoms with van der Waals surface area (Å²) in [5.41, 5.74) is 12.3. The first kappa shape index (κ1) is 12.3. The van der Waals surface area contributed by atoms with Crippen LogP contribution in [0.15, 0.2) is 23.1 Å². The predicted octanol–water partition coefficient (Wildman–Crippen LogP) is 0.638. The lowest BCUT2D eigenvalue weighted by Gasteiger charge is -2.13. The summed E-state index contributed by atoms with van der Waals surface area (Å²) in [6.07, 6.45) is 1.05. The molecule has 0 saturated carbocycles. The monoisotopic (exact) mass is 243 g/mol. The van der Waals surface area contributed by atoms with Crippen LogP contribution in [0.25, 0.3) is 5.73 Å². The van der Waals surface area contributed by atoms with Gasteiger partial charge in [0.1, 0.15) is 5.75 Å². The van der Waals surface area contributed by atoms with Crippen LogP contribution in [0.4, 0.5) is 5.69 Å². The lowest BCUT2D eigenvalue weighted by atomic mass is 10.3. The van der Waals surface area contributed by atoms with Crippen molar-refractivity contribution in [2.24, 2.45) is 5.73 Å². The van der Waals surface area contributed by atoms with Gasteiger partial charge in [-0.1, -0.05) is 11.8 Å². The van der Waals surface area contributed by atoms with E-state index in [1.807, 2.05) is 0 Å². The summed E-state index contributed by atoms with van der Waals surface area (Å²) < 4.78 is 27.4. The fourth-order valence-corrected chi connectivity index (χ4v) is 1.64. The number of carbonyl (C=O) groups is 1. The summed E-state index contributed by atoms with van der Waals surface area (Å²) in [7, 11) is -3.36. The molecule has 0 unspecified atom stereocenters. The molecule has 0 atom stereocenters. The summed E-state index contributed by atoms with van der Waals surface area (Å²) in [5, 5.41) is 0. The molecule has 0 fully saturated rings. The summed E-state index contributed by atoms with van der Waals surface area (Å²) in [4.78, 5) is 10.5. The molecule has 16 heavy (non-hydrogen) atoms. The van der Waals surface area contributed by atoms with Gasteiger partial charge < -0.3 is 16.2 Å². The van der Waals surface area contributed by atoms with Gasteiger partial charge in [0.25, 0.3) is 5.91 Å². The Labute approximate surface area is 93.1 Å². The number of amides is 1. The van der Waals surface area contributed by atoms with Gasteiger partial charge in [-0.3, -0.25) is 4.79 Å². The fourth-order valence-electron chi connectivity index (χ4n) is 1.00. The molecular weight excluding hydrogens is 232 g/mol. The van der Waals surface area contributed by atoms with Gasteiger partial charge in [0.2, 0.25) is 0 Å². The van der Waals surface area contributed by atoms with Gasteiger partial charge >= 0.3 is 0 Å². The summed E-state index contributed by atoms with van der Waals surface area (Å²) in [6, 6.07) is 3.78. The second-order valence-corrected chi connectivity index (χ2v) is 5.20. The number of nitrogens with one attached hydrogen (secondary N) is 1. The Morgan fingerprint density at radius 3 is 2.62 bits per heavy atom. The molecule has 0 aliphatic carbocycles. The number of primary amides is 1. The molecule has 0 aliphatic rings. The van der Waals surface area contributed by atoms with Crippen LogP contribution in [-0.2, 0) is 14.6 Å². The molecule has 1 aromatic carbocycles. The molecule has 0 aliphatic heterocycles. The Bertz CT molecular complexity index is 510. The number of hydrogen-bond acceptors (Lipinski definition) is 4. The molecule has 1 amide bonds. The highest BCUT2D eigenvalue weighted by atomic mass is 32.2. The van der Waals surface area contributed by atoms with Crippen molar-refractivity contribution >= 4 is 21.4 Å². The third-order valence-corrected chi connectivity index (χ3v) is 2.86. The van der Waals surface area contributed by atoms with Crippen molar-refractivity contribution in [2.75, 3.05) is 12.9 Å². The predicted molar refractivity (Wildman–Crippen MR) is 58.2 cm³/mol. The number of hydrogen-bond donors (Lipinski definition) is 1. The van der Waals surface area contributed by atoms with Crippen LogP contribution in [0.3, 0.4) is 0 Å². The smallest absolute Gasteiger partial charge is 0.255 e.